The minimum atomic E-state index is -0.0491. The van der Waals surface area contributed by atoms with Gasteiger partial charge in [-0.1, -0.05) is 27.5 Å². The Morgan fingerprint density at radius 2 is 1.88 bits per heavy atom. The zero-order valence-electron chi connectivity index (χ0n) is 15.1. The van der Waals surface area contributed by atoms with E-state index in [-0.39, 0.29) is 11.8 Å². The van der Waals surface area contributed by atoms with Crippen molar-refractivity contribution in [3.05, 3.63) is 33.3 Å². The van der Waals surface area contributed by atoms with E-state index >= 15 is 0 Å². The average molecular weight is 443 g/mol. The van der Waals surface area contributed by atoms with Gasteiger partial charge in [0.05, 0.1) is 17.1 Å². The highest BCUT2D eigenvalue weighted by Gasteiger charge is 2.28. The van der Waals surface area contributed by atoms with Crippen LogP contribution in [0.4, 0.5) is 0 Å². The van der Waals surface area contributed by atoms with Gasteiger partial charge in [0.15, 0.2) is 0 Å². The topological polar surface area (TPSA) is 43.9 Å². The van der Waals surface area contributed by atoms with Gasteiger partial charge in [-0.3, -0.25) is 14.5 Å². The predicted octanol–water partition coefficient (Wildman–Crippen LogP) is 3.26. The van der Waals surface area contributed by atoms with Crippen LogP contribution in [0, 0.1) is 0 Å². The van der Waals surface area contributed by atoms with E-state index in [4.69, 9.17) is 11.6 Å². The first-order valence-corrected chi connectivity index (χ1v) is 10.4. The van der Waals surface area contributed by atoms with Crippen molar-refractivity contribution in [1.82, 2.24) is 14.7 Å². The third-order valence-corrected chi connectivity index (χ3v) is 6.12. The molecular weight excluding hydrogens is 418 g/mol. The van der Waals surface area contributed by atoms with Gasteiger partial charge in [0, 0.05) is 43.2 Å². The van der Waals surface area contributed by atoms with Crippen molar-refractivity contribution >= 4 is 39.3 Å². The van der Waals surface area contributed by atoms with Crippen LogP contribution < -0.4 is 0 Å². The van der Waals surface area contributed by atoms with Gasteiger partial charge in [-0.05, 0) is 44.4 Å². The lowest BCUT2D eigenvalue weighted by Gasteiger charge is -2.38. The van der Waals surface area contributed by atoms with Crippen LogP contribution in [-0.4, -0.2) is 71.8 Å². The molecular formula is C19H25BrClN3O2. The molecule has 142 valence electrons. The minimum Gasteiger partial charge on any atom is -0.339 e. The standard InChI is InChI=1S/C19H25BrClN3O2/c1-14-4-2-3-7-24(14)18(25)13-22-8-10-23(11-9-22)19(26)16-12-15(20)5-6-17(16)21/h5-6,12,14H,2-4,7-11,13H2,1H3/t14-/m1/s1. The normalized spacial score (nSPS) is 21.7. The van der Waals surface area contributed by atoms with Crippen LogP contribution >= 0.6 is 27.5 Å². The van der Waals surface area contributed by atoms with Gasteiger partial charge in [0.25, 0.3) is 5.91 Å². The summed E-state index contributed by atoms with van der Waals surface area (Å²) < 4.78 is 0.838. The monoisotopic (exact) mass is 441 g/mol. The fraction of sp³-hybridized carbons (Fsp3) is 0.579. The van der Waals surface area contributed by atoms with E-state index in [1.54, 1.807) is 12.1 Å². The summed E-state index contributed by atoms with van der Waals surface area (Å²) >= 11 is 9.57. The van der Waals surface area contributed by atoms with Crippen molar-refractivity contribution in [2.75, 3.05) is 39.3 Å². The summed E-state index contributed by atoms with van der Waals surface area (Å²) in [5.41, 5.74) is 0.521. The van der Waals surface area contributed by atoms with E-state index in [1.807, 2.05) is 15.9 Å². The number of hydrogen-bond acceptors (Lipinski definition) is 3. The molecule has 1 atom stereocenters. The molecule has 0 aromatic heterocycles. The summed E-state index contributed by atoms with van der Waals surface area (Å²) in [5, 5.41) is 0.467. The highest BCUT2D eigenvalue weighted by molar-refractivity contribution is 9.10. The zero-order valence-corrected chi connectivity index (χ0v) is 17.4. The number of nitrogens with zero attached hydrogens (tertiary/aromatic N) is 3. The third kappa shape index (κ3) is 4.59. The van der Waals surface area contributed by atoms with Crippen LogP contribution in [0.3, 0.4) is 0 Å². The number of carbonyl (C=O) groups is 2. The number of benzene rings is 1. The largest absolute Gasteiger partial charge is 0.339 e. The van der Waals surface area contributed by atoms with E-state index < -0.39 is 0 Å². The Hall–Kier alpha value is -1.11. The number of carbonyl (C=O) groups excluding carboxylic acids is 2. The molecule has 2 aliphatic heterocycles. The van der Waals surface area contributed by atoms with Crippen LogP contribution in [0.15, 0.2) is 22.7 Å². The molecule has 2 aliphatic rings. The lowest BCUT2D eigenvalue weighted by molar-refractivity contribution is -0.136. The molecule has 0 spiro atoms. The summed E-state index contributed by atoms with van der Waals surface area (Å²) in [6, 6.07) is 5.66. The summed E-state index contributed by atoms with van der Waals surface area (Å²) in [5.74, 6) is 0.166. The highest BCUT2D eigenvalue weighted by Crippen LogP contribution is 2.23. The molecule has 0 unspecified atom stereocenters. The molecule has 0 aliphatic carbocycles. The number of piperazine rings is 1. The molecule has 1 aromatic carbocycles. The van der Waals surface area contributed by atoms with Crippen molar-refractivity contribution in [2.45, 2.75) is 32.2 Å². The van der Waals surface area contributed by atoms with E-state index in [2.05, 4.69) is 27.8 Å². The molecule has 0 N–H and O–H groups in total. The van der Waals surface area contributed by atoms with E-state index in [0.717, 1.165) is 23.9 Å². The third-order valence-electron chi connectivity index (χ3n) is 5.30. The Morgan fingerprint density at radius 1 is 1.15 bits per heavy atom. The first kappa shape index (κ1) is 19.6. The molecule has 2 fully saturated rings. The molecule has 0 bridgehead atoms. The van der Waals surface area contributed by atoms with E-state index in [9.17, 15) is 9.59 Å². The SMILES string of the molecule is C[C@@H]1CCCCN1C(=O)CN1CCN(C(=O)c2cc(Br)ccc2Cl)CC1. The summed E-state index contributed by atoms with van der Waals surface area (Å²) in [6.07, 6.45) is 3.41. The molecule has 26 heavy (non-hydrogen) atoms. The van der Waals surface area contributed by atoms with Crippen molar-refractivity contribution in [2.24, 2.45) is 0 Å². The summed E-state index contributed by atoms with van der Waals surface area (Å²) in [6.45, 7) is 6.12. The highest BCUT2D eigenvalue weighted by atomic mass is 79.9. The molecule has 0 radical (unpaired) electrons. The first-order chi connectivity index (χ1) is 12.5. The first-order valence-electron chi connectivity index (χ1n) is 9.22. The van der Waals surface area contributed by atoms with Gasteiger partial charge < -0.3 is 9.80 Å². The van der Waals surface area contributed by atoms with Crippen molar-refractivity contribution in [3.63, 3.8) is 0 Å². The molecule has 7 heteroatoms. The van der Waals surface area contributed by atoms with Gasteiger partial charge >= 0.3 is 0 Å². The molecule has 5 nitrogen and oxygen atoms in total. The van der Waals surface area contributed by atoms with Crippen LogP contribution in [0.25, 0.3) is 0 Å². The van der Waals surface area contributed by atoms with E-state index in [1.165, 1.54) is 6.42 Å². The second kappa shape index (κ2) is 8.72. The molecule has 2 heterocycles. The number of piperidine rings is 1. The van der Waals surface area contributed by atoms with E-state index in [0.29, 0.717) is 49.4 Å². The second-order valence-electron chi connectivity index (χ2n) is 7.12. The maximum Gasteiger partial charge on any atom is 0.255 e. The van der Waals surface area contributed by atoms with Crippen molar-refractivity contribution < 1.29 is 9.59 Å². The summed E-state index contributed by atoms with van der Waals surface area (Å²) in [4.78, 5) is 31.3. The fourth-order valence-electron chi connectivity index (χ4n) is 3.69. The maximum absolute atomic E-state index is 12.7. The maximum atomic E-state index is 12.7. The number of rotatable bonds is 3. The van der Waals surface area contributed by atoms with Crippen molar-refractivity contribution in [1.29, 1.82) is 0 Å². The quantitative estimate of drug-likeness (QED) is 0.722. The average Bonchev–Trinajstić information content (AvgIpc) is 2.64. The number of halogens is 2. The molecule has 0 saturated carbocycles. The molecule has 1 aromatic rings. The molecule has 2 saturated heterocycles. The summed E-state index contributed by atoms with van der Waals surface area (Å²) in [7, 11) is 0. The lowest BCUT2D eigenvalue weighted by Crippen LogP contribution is -2.53. The van der Waals surface area contributed by atoms with Crippen LogP contribution in [0.1, 0.15) is 36.5 Å². The Morgan fingerprint density at radius 3 is 2.58 bits per heavy atom. The smallest absolute Gasteiger partial charge is 0.255 e. The van der Waals surface area contributed by atoms with Crippen LogP contribution in [-0.2, 0) is 4.79 Å². The Kier molecular flexibility index (Phi) is 6.59. The van der Waals surface area contributed by atoms with Crippen LogP contribution in [0.5, 0.6) is 0 Å². The van der Waals surface area contributed by atoms with Crippen molar-refractivity contribution in [3.8, 4) is 0 Å². The number of amides is 2. The lowest BCUT2D eigenvalue weighted by atomic mass is 10.0. The van der Waals surface area contributed by atoms with Gasteiger partial charge in [0.1, 0.15) is 0 Å². The van der Waals surface area contributed by atoms with Gasteiger partial charge in [-0.25, -0.2) is 0 Å². The number of hydrogen-bond donors (Lipinski definition) is 0. The van der Waals surface area contributed by atoms with Crippen LogP contribution in [0.2, 0.25) is 5.02 Å². The minimum absolute atomic E-state index is 0.0491. The molecule has 3 rings (SSSR count). The Labute approximate surface area is 168 Å². The zero-order chi connectivity index (χ0) is 18.7. The fourth-order valence-corrected chi connectivity index (χ4v) is 4.25. The number of likely N-dealkylation sites (tertiary alicyclic amines) is 1. The Balaban J connectivity index is 1.53. The predicted molar refractivity (Wildman–Crippen MR) is 107 cm³/mol. The van der Waals surface area contributed by atoms with Gasteiger partial charge in [-0.2, -0.15) is 0 Å². The second-order valence-corrected chi connectivity index (χ2v) is 8.45. The van der Waals surface area contributed by atoms with Gasteiger partial charge in [-0.15, -0.1) is 0 Å². The Bertz CT molecular complexity index is 677. The van der Waals surface area contributed by atoms with Gasteiger partial charge in [0.2, 0.25) is 5.91 Å². The molecule has 2 amide bonds.